The largest absolute Gasteiger partial charge is 0.494 e. The molecule has 2 atom stereocenters. The topological polar surface area (TPSA) is 73.9 Å². The summed E-state index contributed by atoms with van der Waals surface area (Å²) in [4.78, 5) is 0. The van der Waals surface area contributed by atoms with E-state index < -0.39 is 11.7 Å². The van der Waals surface area contributed by atoms with Gasteiger partial charge in [-0.15, -0.1) is 0 Å². The zero-order valence-corrected chi connectivity index (χ0v) is 15.1. The smallest absolute Gasteiger partial charge is 0.162 e. The summed E-state index contributed by atoms with van der Waals surface area (Å²) in [6.45, 7) is 6.87. The van der Waals surface area contributed by atoms with Crippen LogP contribution in [0.2, 0.25) is 0 Å². The third-order valence-corrected chi connectivity index (χ3v) is 4.07. The number of hydrogen-bond donors (Lipinski definition) is 2. The van der Waals surface area contributed by atoms with Crippen molar-refractivity contribution in [1.29, 1.82) is 0 Å². The fourth-order valence-electron chi connectivity index (χ4n) is 2.63. The van der Waals surface area contributed by atoms with Crippen LogP contribution in [0.25, 0.3) is 0 Å². The minimum absolute atomic E-state index is 0.0700. The normalized spacial score (nSPS) is 14.4. The molecule has 2 unspecified atom stereocenters. The average molecular weight is 345 g/mol. The van der Waals surface area contributed by atoms with Crippen LogP contribution in [0.15, 0.2) is 48.5 Å². The summed E-state index contributed by atoms with van der Waals surface area (Å²) in [7, 11) is 0. The Morgan fingerprint density at radius 1 is 0.960 bits per heavy atom. The third-order valence-electron chi connectivity index (χ3n) is 4.07. The summed E-state index contributed by atoms with van der Waals surface area (Å²) in [5.41, 5.74) is 5.52. The van der Waals surface area contributed by atoms with E-state index in [0.717, 1.165) is 11.3 Å². The Bertz CT molecular complexity index is 659. The van der Waals surface area contributed by atoms with Crippen molar-refractivity contribution in [2.45, 2.75) is 32.5 Å². The quantitative estimate of drug-likeness (QED) is 0.730. The maximum absolute atomic E-state index is 10.6. The highest BCUT2D eigenvalue weighted by molar-refractivity contribution is 5.41. The molecule has 0 bridgehead atoms. The molecular formula is C20H27NO4. The van der Waals surface area contributed by atoms with Gasteiger partial charge in [0.05, 0.1) is 13.2 Å². The number of aliphatic hydroxyl groups is 1. The maximum Gasteiger partial charge on any atom is 0.162 e. The molecule has 2 aromatic rings. The molecule has 0 aliphatic carbocycles. The van der Waals surface area contributed by atoms with E-state index in [1.54, 1.807) is 0 Å². The first kappa shape index (κ1) is 19.1. The van der Waals surface area contributed by atoms with Crippen molar-refractivity contribution >= 4 is 0 Å². The molecule has 0 heterocycles. The van der Waals surface area contributed by atoms with Gasteiger partial charge in [0.25, 0.3) is 0 Å². The number of benzene rings is 2. The monoisotopic (exact) mass is 345 g/mol. The fraction of sp³-hybridized carbons (Fsp3) is 0.400. The van der Waals surface area contributed by atoms with Crippen molar-refractivity contribution < 1.29 is 19.3 Å². The van der Waals surface area contributed by atoms with Crippen molar-refractivity contribution in [2.24, 2.45) is 5.73 Å². The number of rotatable bonds is 9. The van der Waals surface area contributed by atoms with Crippen molar-refractivity contribution in [1.82, 2.24) is 0 Å². The second-order valence-corrected chi connectivity index (χ2v) is 5.80. The standard InChI is InChI=1S/C20H27NO4/c1-4-23-16-12-10-15(11-13-16)20(3,19(22)14-21)25-18-9-7-6-8-17(18)24-5-2/h6-13,19,22H,4-5,14,21H2,1-3H3. The van der Waals surface area contributed by atoms with Gasteiger partial charge in [0.2, 0.25) is 0 Å². The van der Waals surface area contributed by atoms with E-state index >= 15 is 0 Å². The predicted molar refractivity (Wildman–Crippen MR) is 98.3 cm³/mol. The molecular weight excluding hydrogens is 318 g/mol. The van der Waals surface area contributed by atoms with Crippen molar-refractivity contribution in [3.63, 3.8) is 0 Å². The lowest BCUT2D eigenvalue weighted by molar-refractivity contribution is -0.0424. The minimum Gasteiger partial charge on any atom is -0.494 e. The van der Waals surface area contributed by atoms with Gasteiger partial charge < -0.3 is 25.1 Å². The van der Waals surface area contributed by atoms with Crippen molar-refractivity contribution in [2.75, 3.05) is 19.8 Å². The van der Waals surface area contributed by atoms with Gasteiger partial charge in [-0.05, 0) is 50.6 Å². The van der Waals surface area contributed by atoms with Crippen molar-refractivity contribution in [3.8, 4) is 17.2 Å². The lowest BCUT2D eigenvalue weighted by Gasteiger charge is -2.35. The number of ether oxygens (including phenoxy) is 3. The highest BCUT2D eigenvalue weighted by Crippen LogP contribution is 2.36. The van der Waals surface area contributed by atoms with Gasteiger partial charge in [-0.2, -0.15) is 0 Å². The average Bonchev–Trinajstić information content (AvgIpc) is 2.63. The summed E-state index contributed by atoms with van der Waals surface area (Å²) >= 11 is 0. The van der Waals surface area contributed by atoms with Crippen LogP contribution >= 0.6 is 0 Å². The zero-order chi connectivity index (χ0) is 18.3. The first-order chi connectivity index (χ1) is 12.0. The van der Waals surface area contributed by atoms with Gasteiger partial charge in [0.15, 0.2) is 17.1 Å². The highest BCUT2D eigenvalue weighted by Gasteiger charge is 2.37. The summed E-state index contributed by atoms with van der Waals surface area (Å²) < 4.78 is 17.3. The molecule has 0 spiro atoms. The van der Waals surface area contributed by atoms with Gasteiger partial charge in [-0.25, -0.2) is 0 Å². The van der Waals surface area contributed by atoms with Crippen molar-refractivity contribution in [3.05, 3.63) is 54.1 Å². The van der Waals surface area contributed by atoms with Gasteiger partial charge in [-0.3, -0.25) is 0 Å². The van der Waals surface area contributed by atoms with Gasteiger partial charge in [0, 0.05) is 6.54 Å². The Morgan fingerprint density at radius 2 is 1.56 bits per heavy atom. The predicted octanol–water partition coefficient (Wildman–Crippen LogP) is 3.10. The maximum atomic E-state index is 10.6. The second-order valence-electron chi connectivity index (χ2n) is 5.80. The van der Waals surface area contributed by atoms with Crippen LogP contribution in [0.1, 0.15) is 26.3 Å². The molecule has 136 valence electrons. The van der Waals surface area contributed by atoms with E-state index in [1.165, 1.54) is 0 Å². The van der Waals surface area contributed by atoms with E-state index in [9.17, 15) is 5.11 Å². The molecule has 5 heteroatoms. The zero-order valence-electron chi connectivity index (χ0n) is 15.1. The van der Waals surface area contributed by atoms with Crippen LogP contribution in [0.5, 0.6) is 17.2 Å². The minimum atomic E-state index is -1.02. The Hall–Kier alpha value is -2.24. The Morgan fingerprint density at radius 3 is 2.12 bits per heavy atom. The Labute approximate surface area is 149 Å². The van der Waals surface area contributed by atoms with Crippen LogP contribution in [-0.4, -0.2) is 31.0 Å². The molecule has 0 saturated carbocycles. The molecule has 2 rings (SSSR count). The Kier molecular flexibility index (Phi) is 6.67. The van der Waals surface area contributed by atoms with Crippen LogP contribution in [0.4, 0.5) is 0 Å². The van der Waals surface area contributed by atoms with Crippen LogP contribution in [0.3, 0.4) is 0 Å². The number of nitrogens with two attached hydrogens (primary N) is 1. The first-order valence-corrected chi connectivity index (χ1v) is 8.57. The summed E-state index contributed by atoms with van der Waals surface area (Å²) in [5, 5.41) is 10.6. The van der Waals surface area contributed by atoms with Crippen LogP contribution in [-0.2, 0) is 5.60 Å². The number of aliphatic hydroxyl groups excluding tert-OH is 1. The Balaban J connectivity index is 2.38. The van der Waals surface area contributed by atoms with E-state index in [1.807, 2.05) is 69.3 Å². The number of hydrogen-bond acceptors (Lipinski definition) is 5. The first-order valence-electron chi connectivity index (χ1n) is 8.57. The SMILES string of the molecule is CCOc1ccc(C(C)(Oc2ccccc2OCC)C(O)CN)cc1. The molecule has 25 heavy (non-hydrogen) atoms. The van der Waals surface area contributed by atoms with E-state index in [2.05, 4.69) is 0 Å². The lowest BCUT2D eigenvalue weighted by Crippen LogP contribution is -2.46. The van der Waals surface area contributed by atoms with Gasteiger partial charge in [0.1, 0.15) is 11.9 Å². The fourth-order valence-corrected chi connectivity index (χ4v) is 2.63. The molecule has 0 amide bonds. The van der Waals surface area contributed by atoms with Crippen LogP contribution < -0.4 is 19.9 Å². The molecule has 5 nitrogen and oxygen atoms in total. The highest BCUT2D eigenvalue weighted by atomic mass is 16.5. The molecule has 2 aromatic carbocycles. The molecule has 0 saturated heterocycles. The van der Waals surface area contributed by atoms with Gasteiger partial charge >= 0.3 is 0 Å². The third kappa shape index (κ3) is 4.44. The summed E-state index contributed by atoms with van der Waals surface area (Å²) in [6, 6.07) is 14.9. The molecule has 0 aromatic heterocycles. The van der Waals surface area contributed by atoms with Gasteiger partial charge in [-0.1, -0.05) is 24.3 Å². The van der Waals surface area contributed by atoms with E-state index in [0.29, 0.717) is 24.7 Å². The number of para-hydroxylation sites is 2. The molecule has 0 aliphatic rings. The van der Waals surface area contributed by atoms with E-state index in [-0.39, 0.29) is 6.54 Å². The molecule has 0 aliphatic heterocycles. The molecule has 0 fully saturated rings. The van der Waals surface area contributed by atoms with E-state index in [4.69, 9.17) is 19.9 Å². The summed E-state index contributed by atoms with van der Waals surface area (Å²) in [6.07, 6.45) is -0.889. The van der Waals surface area contributed by atoms with Crippen LogP contribution in [0, 0.1) is 0 Å². The lowest BCUT2D eigenvalue weighted by atomic mass is 9.89. The second kappa shape index (κ2) is 8.74. The summed E-state index contributed by atoms with van der Waals surface area (Å²) in [5.74, 6) is 1.96. The molecule has 0 radical (unpaired) electrons. The molecule has 3 N–H and O–H groups in total.